The number of carboxylic acid groups (broad SMARTS) is 1. The van der Waals surface area contributed by atoms with Crippen LogP contribution in [0.2, 0.25) is 0 Å². The summed E-state index contributed by atoms with van der Waals surface area (Å²) in [5.74, 6) is -0.958. The summed E-state index contributed by atoms with van der Waals surface area (Å²) in [6.45, 7) is -0.0807. The topological polar surface area (TPSA) is 97.8 Å². The van der Waals surface area contributed by atoms with E-state index in [4.69, 9.17) is 9.47 Å². The van der Waals surface area contributed by atoms with E-state index in [1.165, 1.54) is 29.5 Å². The number of aromatic carboxylic acids is 1. The van der Waals surface area contributed by atoms with Crippen LogP contribution >= 0.6 is 11.3 Å². The Morgan fingerprint density at radius 2 is 1.79 bits per heavy atom. The average molecular weight is 479 g/mol. The van der Waals surface area contributed by atoms with Gasteiger partial charge < -0.3 is 14.6 Å². The molecule has 34 heavy (non-hydrogen) atoms. The van der Waals surface area contributed by atoms with Crippen LogP contribution in [-0.4, -0.2) is 29.1 Å². The molecular formula is C25H19FN2O5S. The first-order chi connectivity index (χ1) is 16.4. The number of carboxylic acids is 1. The molecule has 0 spiro atoms. The molecule has 0 aliphatic carbocycles. The van der Waals surface area contributed by atoms with Crippen molar-refractivity contribution in [1.29, 1.82) is 0 Å². The summed E-state index contributed by atoms with van der Waals surface area (Å²) in [5, 5.41) is 12.5. The molecule has 3 aromatic carbocycles. The Hall–Kier alpha value is -4.24. The van der Waals surface area contributed by atoms with Gasteiger partial charge in [-0.3, -0.25) is 10.1 Å². The molecule has 7 nitrogen and oxygen atoms in total. The fourth-order valence-corrected chi connectivity index (χ4v) is 3.96. The maximum atomic E-state index is 14.0. The lowest BCUT2D eigenvalue weighted by molar-refractivity contribution is 0.0696. The Balaban J connectivity index is 1.56. The molecule has 4 rings (SSSR count). The number of nitrogens with one attached hydrogen (secondary N) is 1. The fraction of sp³-hybridized carbons (Fsp3) is 0.0800. The lowest BCUT2D eigenvalue weighted by Gasteiger charge is -2.12. The van der Waals surface area contributed by atoms with E-state index < -0.39 is 11.8 Å². The third-order valence-electron chi connectivity index (χ3n) is 4.91. The van der Waals surface area contributed by atoms with E-state index in [0.717, 1.165) is 0 Å². The maximum absolute atomic E-state index is 14.0. The summed E-state index contributed by atoms with van der Waals surface area (Å²) in [6, 6.07) is 17.3. The first-order valence-electron chi connectivity index (χ1n) is 10.1. The van der Waals surface area contributed by atoms with Crippen molar-refractivity contribution in [2.75, 3.05) is 12.4 Å². The number of thiazole rings is 1. The highest BCUT2D eigenvalue weighted by molar-refractivity contribution is 7.19. The molecule has 0 saturated heterocycles. The van der Waals surface area contributed by atoms with Crippen molar-refractivity contribution >= 4 is 28.3 Å². The van der Waals surface area contributed by atoms with Crippen molar-refractivity contribution < 1.29 is 28.6 Å². The average Bonchev–Trinajstić information content (AvgIpc) is 3.31. The number of halogens is 1. The number of amides is 1. The van der Waals surface area contributed by atoms with Crippen molar-refractivity contribution in [1.82, 2.24) is 4.98 Å². The van der Waals surface area contributed by atoms with Crippen molar-refractivity contribution in [3.05, 3.63) is 95.4 Å². The normalized spacial score (nSPS) is 10.5. The number of benzene rings is 3. The summed E-state index contributed by atoms with van der Waals surface area (Å²) in [5.41, 5.74) is 1.39. The lowest BCUT2D eigenvalue weighted by Crippen LogP contribution is -2.11. The summed E-state index contributed by atoms with van der Waals surface area (Å²) in [6.07, 6.45) is 1.56. The van der Waals surface area contributed by atoms with Gasteiger partial charge in [-0.1, -0.05) is 29.5 Å². The number of ether oxygens (including phenoxy) is 2. The molecular weight excluding hydrogens is 459 g/mol. The second-order valence-corrected chi connectivity index (χ2v) is 8.14. The number of hydrogen-bond acceptors (Lipinski definition) is 6. The van der Waals surface area contributed by atoms with Crippen LogP contribution in [-0.2, 0) is 6.61 Å². The quantitative estimate of drug-likeness (QED) is 0.348. The highest BCUT2D eigenvalue weighted by Crippen LogP contribution is 2.37. The van der Waals surface area contributed by atoms with E-state index in [1.54, 1.807) is 61.8 Å². The van der Waals surface area contributed by atoms with Gasteiger partial charge in [0.15, 0.2) is 5.13 Å². The molecule has 0 aliphatic heterocycles. The van der Waals surface area contributed by atoms with Crippen molar-refractivity contribution in [3.63, 3.8) is 0 Å². The number of hydrogen-bond donors (Lipinski definition) is 2. The third-order valence-corrected chi connectivity index (χ3v) is 5.86. The Kier molecular flexibility index (Phi) is 6.84. The Morgan fingerprint density at radius 3 is 2.50 bits per heavy atom. The number of rotatable bonds is 8. The van der Waals surface area contributed by atoms with Gasteiger partial charge in [-0.05, 0) is 48.5 Å². The van der Waals surface area contributed by atoms with Gasteiger partial charge in [0.25, 0.3) is 5.91 Å². The summed E-state index contributed by atoms with van der Waals surface area (Å²) in [4.78, 5) is 28.9. The van der Waals surface area contributed by atoms with Crippen LogP contribution < -0.4 is 14.8 Å². The van der Waals surface area contributed by atoms with Crippen molar-refractivity contribution in [3.8, 4) is 21.9 Å². The van der Waals surface area contributed by atoms with Gasteiger partial charge in [-0.25, -0.2) is 14.2 Å². The summed E-state index contributed by atoms with van der Waals surface area (Å²) in [7, 11) is 1.55. The molecule has 9 heteroatoms. The number of carbonyl (C=O) groups excluding carboxylic acids is 1. The van der Waals surface area contributed by atoms with E-state index in [-0.39, 0.29) is 23.8 Å². The third kappa shape index (κ3) is 5.21. The SMILES string of the molecule is COc1ccc(C(=O)Nc2ncc(-c3ccc(C(=O)O)cc3OCc3ccccc3F)s2)cc1. The van der Waals surface area contributed by atoms with E-state index in [9.17, 15) is 19.1 Å². The van der Waals surface area contributed by atoms with Gasteiger partial charge in [0.2, 0.25) is 0 Å². The standard InChI is InChI=1S/C25H19FN2O5S/c1-32-18-9-6-15(7-10-18)23(29)28-25-27-13-22(34-25)19-11-8-16(24(30)31)12-21(19)33-14-17-4-2-3-5-20(17)26/h2-13H,14H2,1H3,(H,30,31)(H,27,28,29). The van der Waals surface area contributed by atoms with Crippen molar-refractivity contribution in [2.45, 2.75) is 6.61 Å². The molecule has 0 unspecified atom stereocenters. The van der Waals surface area contributed by atoms with Crippen molar-refractivity contribution in [2.24, 2.45) is 0 Å². The highest BCUT2D eigenvalue weighted by Gasteiger charge is 2.16. The molecule has 0 saturated carbocycles. The van der Waals surface area contributed by atoms with E-state index >= 15 is 0 Å². The second kappa shape index (κ2) is 10.1. The van der Waals surface area contributed by atoms with Gasteiger partial charge in [0.1, 0.15) is 23.9 Å². The lowest BCUT2D eigenvalue weighted by atomic mass is 10.1. The zero-order chi connectivity index (χ0) is 24.1. The second-order valence-electron chi connectivity index (χ2n) is 7.11. The van der Waals surface area contributed by atoms with Gasteiger partial charge in [0.05, 0.1) is 17.6 Å². The molecule has 0 fully saturated rings. The first kappa shape index (κ1) is 22.9. The Bertz CT molecular complexity index is 1340. The van der Waals surface area contributed by atoms with E-state index in [0.29, 0.717) is 32.4 Å². The minimum atomic E-state index is -1.11. The van der Waals surface area contributed by atoms with E-state index in [1.807, 2.05) is 0 Å². The molecule has 0 aliphatic rings. The first-order valence-corrected chi connectivity index (χ1v) is 10.9. The van der Waals surface area contributed by atoms with Gasteiger partial charge in [-0.2, -0.15) is 0 Å². The number of nitrogens with zero attached hydrogens (tertiary/aromatic N) is 1. The monoisotopic (exact) mass is 478 g/mol. The highest BCUT2D eigenvalue weighted by atomic mass is 32.1. The predicted octanol–water partition coefficient (Wildman–Crippen LogP) is 5.49. The number of methoxy groups -OCH3 is 1. The van der Waals surface area contributed by atoms with Crippen LogP contribution in [0.15, 0.2) is 72.9 Å². The number of carbonyl (C=O) groups is 2. The minimum Gasteiger partial charge on any atom is -0.497 e. The number of aromatic nitrogens is 1. The van der Waals surface area contributed by atoms with Crippen LogP contribution in [0.25, 0.3) is 10.4 Å². The predicted molar refractivity (Wildman–Crippen MR) is 126 cm³/mol. The molecule has 0 atom stereocenters. The summed E-state index contributed by atoms with van der Waals surface area (Å²) >= 11 is 1.20. The van der Waals surface area contributed by atoms with Crippen LogP contribution in [0, 0.1) is 5.82 Å². The fourth-order valence-electron chi connectivity index (χ4n) is 3.12. The molecule has 1 aromatic heterocycles. The zero-order valence-electron chi connectivity index (χ0n) is 17.9. The van der Waals surface area contributed by atoms with E-state index in [2.05, 4.69) is 10.3 Å². The maximum Gasteiger partial charge on any atom is 0.335 e. The largest absolute Gasteiger partial charge is 0.497 e. The smallest absolute Gasteiger partial charge is 0.335 e. The Labute approximate surface area is 198 Å². The van der Waals surface area contributed by atoms with Crippen LogP contribution in [0.5, 0.6) is 11.5 Å². The minimum absolute atomic E-state index is 0.0323. The molecule has 2 N–H and O–H groups in total. The molecule has 1 amide bonds. The molecule has 4 aromatic rings. The van der Waals surface area contributed by atoms with Crippen LogP contribution in [0.3, 0.4) is 0 Å². The van der Waals surface area contributed by atoms with Crippen LogP contribution in [0.1, 0.15) is 26.3 Å². The molecule has 1 heterocycles. The van der Waals surface area contributed by atoms with Gasteiger partial charge >= 0.3 is 5.97 Å². The summed E-state index contributed by atoms with van der Waals surface area (Å²) < 4.78 is 24.9. The number of anilines is 1. The van der Waals surface area contributed by atoms with Crippen LogP contribution in [0.4, 0.5) is 9.52 Å². The zero-order valence-corrected chi connectivity index (χ0v) is 18.8. The van der Waals surface area contributed by atoms with Gasteiger partial charge in [0, 0.05) is 22.9 Å². The molecule has 0 radical (unpaired) electrons. The molecule has 172 valence electrons. The Morgan fingerprint density at radius 1 is 1.06 bits per heavy atom. The molecule has 0 bridgehead atoms. The van der Waals surface area contributed by atoms with Gasteiger partial charge in [-0.15, -0.1) is 0 Å².